The van der Waals surface area contributed by atoms with E-state index in [1.54, 1.807) is 67.7 Å². The minimum atomic E-state index is -0.707. The number of fused-ring (bicyclic) bond motifs is 2. The molecule has 0 unspecified atom stereocenters. The maximum absolute atomic E-state index is 17.1. The minimum absolute atomic E-state index is 0.0114. The van der Waals surface area contributed by atoms with Crippen LogP contribution < -0.4 is 25.6 Å². The molecule has 3 aliphatic rings. The summed E-state index contributed by atoms with van der Waals surface area (Å²) in [5, 5.41) is 24.1. The molecule has 0 radical (unpaired) electrons. The van der Waals surface area contributed by atoms with E-state index in [0.29, 0.717) is 83.0 Å². The van der Waals surface area contributed by atoms with Gasteiger partial charge in [0.05, 0.1) is 23.7 Å². The van der Waals surface area contributed by atoms with Gasteiger partial charge in [-0.05, 0) is 98.3 Å². The smallest absolute Gasteiger partial charge is 0.246 e. The molecule has 3 atom stereocenters. The zero-order chi connectivity index (χ0) is 54.3. The highest BCUT2D eigenvalue weighted by Crippen LogP contribution is 2.43. The summed E-state index contributed by atoms with van der Waals surface area (Å²) in [5.74, 6) is -0.736. The van der Waals surface area contributed by atoms with Gasteiger partial charge in [-0.25, -0.2) is 14.4 Å². The second-order valence-corrected chi connectivity index (χ2v) is 21.2. The number of aromatic hydroxyl groups is 1. The number of thiazole rings is 1. The van der Waals surface area contributed by atoms with Gasteiger partial charge >= 0.3 is 0 Å². The molecule has 1 saturated carbocycles. The van der Waals surface area contributed by atoms with Crippen molar-refractivity contribution < 1.29 is 38.2 Å². The van der Waals surface area contributed by atoms with Crippen molar-refractivity contribution in [2.24, 2.45) is 5.92 Å². The number of hydrogen-bond acceptors (Lipinski definition) is 14. The molecule has 20 heteroatoms. The number of piperazine rings is 1. The van der Waals surface area contributed by atoms with Crippen molar-refractivity contribution in [1.29, 1.82) is 0 Å². The first-order valence-corrected chi connectivity index (χ1v) is 27.6. The summed E-state index contributed by atoms with van der Waals surface area (Å²) in [5.41, 5.74) is 1.10. The lowest BCUT2D eigenvalue weighted by atomic mass is 9.83. The van der Waals surface area contributed by atoms with Crippen LogP contribution in [0.3, 0.4) is 0 Å². The fourth-order valence-corrected chi connectivity index (χ4v) is 11.8. The number of likely N-dealkylation sites (tertiary alicyclic amines) is 1. The summed E-state index contributed by atoms with van der Waals surface area (Å²) >= 11 is 8.26. The van der Waals surface area contributed by atoms with Crippen molar-refractivity contribution in [3.05, 3.63) is 112 Å². The number of carbonyl (C=O) groups excluding carboxylic acids is 5. The fourth-order valence-electron chi connectivity index (χ4n) is 10.6. The summed E-state index contributed by atoms with van der Waals surface area (Å²) < 4.78 is 23.1. The number of benzene rings is 4. The number of carbonyl (C=O) groups is 5. The van der Waals surface area contributed by atoms with E-state index < -0.39 is 17.9 Å². The molecule has 6 aromatic rings. The van der Waals surface area contributed by atoms with Crippen LogP contribution in [0.4, 0.5) is 16.2 Å². The molecule has 2 aliphatic heterocycles. The Kier molecular flexibility index (Phi) is 17.3. The second kappa shape index (κ2) is 24.4. The molecule has 0 spiro atoms. The van der Waals surface area contributed by atoms with Crippen LogP contribution in [0.2, 0.25) is 5.02 Å². The maximum atomic E-state index is 17.1. The lowest BCUT2D eigenvalue weighted by molar-refractivity contribution is -0.139. The third-order valence-electron chi connectivity index (χ3n) is 15.0. The highest BCUT2D eigenvalue weighted by Gasteiger charge is 2.40. The van der Waals surface area contributed by atoms with Crippen LogP contribution in [0, 0.1) is 11.7 Å². The van der Waals surface area contributed by atoms with Crippen LogP contribution in [0.5, 0.6) is 11.5 Å². The topological polar surface area (TPSA) is 203 Å². The molecule has 9 rings (SSSR count). The number of likely N-dealkylation sites (N-methyl/N-ethyl adjacent to an activating group) is 2. The van der Waals surface area contributed by atoms with Gasteiger partial charge in [0.15, 0.2) is 5.82 Å². The molecule has 17 nitrogen and oxygen atoms in total. The Morgan fingerprint density at radius 1 is 0.948 bits per heavy atom. The maximum Gasteiger partial charge on any atom is 0.246 e. The molecule has 2 aromatic heterocycles. The molecule has 77 heavy (non-hydrogen) atoms. The van der Waals surface area contributed by atoms with E-state index in [1.807, 2.05) is 34.1 Å². The average molecular weight is 1090 g/mol. The Morgan fingerprint density at radius 3 is 2.49 bits per heavy atom. The molecule has 4 amide bonds. The standard InChI is InChI=1S/C57H64ClFN10O7S/c1-5-46(71)67-23-25-68(26-24-67)53-42-32-43(58)48(41-31-38(70)29-36-15-9-10-18-40(36)41)49(59)51(42)64-57(65-53)61-21-20-47(72)66(4)27-28-76-39-17-11-16-37(30-39)52(73)44-33-77-55(62-44)45-19-12-22-69(45)56(75)50(35-13-7-6-8-14-35)63-54(74)34(2)60-3/h5,9-11,15-18,29-35,45,50,60,70H,1,6-8,12-14,19-28H2,2-4H3,(H,63,74)(H,61,64,65)/t34-,45-,50-/m0/s1. The molecule has 0 bridgehead atoms. The van der Waals surface area contributed by atoms with Crippen LogP contribution in [0.1, 0.15) is 85.4 Å². The summed E-state index contributed by atoms with van der Waals surface area (Å²) in [6, 6.07) is 17.4. The van der Waals surface area contributed by atoms with E-state index in [0.717, 1.165) is 38.5 Å². The predicted molar refractivity (Wildman–Crippen MR) is 297 cm³/mol. The van der Waals surface area contributed by atoms with Crippen LogP contribution in [-0.4, -0.2) is 143 Å². The van der Waals surface area contributed by atoms with Crippen molar-refractivity contribution in [3.63, 3.8) is 0 Å². The Morgan fingerprint density at radius 2 is 1.73 bits per heavy atom. The van der Waals surface area contributed by atoms with Crippen molar-refractivity contribution >= 4 is 85.8 Å². The molecule has 1 aliphatic carbocycles. The van der Waals surface area contributed by atoms with Gasteiger partial charge in [0.2, 0.25) is 35.4 Å². The first-order chi connectivity index (χ1) is 37.2. The van der Waals surface area contributed by atoms with E-state index in [9.17, 15) is 29.1 Å². The number of amides is 4. The lowest BCUT2D eigenvalue weighted by Crippen LogP contribution is -2.55. The molecule has 4 heterocycles. The van der Waals surface area contributed by atoms with Gasteiger partial charge in [0.25, 0.3) is 0 Å². The van der Waals surface area contributed by atoms with Gasteiger partial charge in [-0.15, -0.1) is 11.3 Å². The number of ketones is 1. The summed E-state index contributed by atoms with van der Waals surface area (Å²) in [6.45, 7) is 7.99. The largest absolute Gasteiger partial charge is 0.508 e. The third-order valence-corrected chi connectivity index (χ3v) is 16.2. The number of ether oxygens (including phenoxy) is 1. The highest BCUT2D eigenvalue weighted by molar-refractivity contribution is 7.10. The molecular weight excluding hydrogens is 1020 g/mol. The van der Waals surface area contributed by atoms with Crippen LogP contribution in [0.15, 0.2) is 84.8 Å². The number of hydrogen-bond donors (Lipinski definition) is 4. The predicted octanol–water partition coefficient (Wildman–Crippen LogP) is 8.15. The summed E-state index contributed by atoms with van der Waals surface area (Å²) in [6.07, 6.45) is 7.76. The molecule has 2 saturated heterocycles. The third kappa shape index (κ3) is 12.2. The van der Waals surface area contributed by atoms with E-state index in [2.05, 4.69) is 27.5 Å². The first kappa shape index (κ1) is 54.6. The Labute approximate surface area is 455 Å². The molecule has 3 fully saturated rings. The van der Waals surface area contributed by atoms with Gasteiger partial charge in [0, 0.05) is 74.6 Å². The molecular formula is C57H64ClFN10O7S. The van der Waals surface area contributed by atoms with Gasteiger partial charge in [-0.1, -0.05) is 73.8 Å². The minimum Gasteiger partial charge on any atom is -0.508 e. The SMILES string of the molecule is C=CC(=O)N1CCN(c2nc(NCCC(=O)N(C)CCOc3cccc(C(=O)c4csc([C@@H]5CCCN5C(=O)[C@@H](NC(=O)[C@H](C)NC)C5CCCCC5)n4)c3)nc3c(F)c(-c4cc(O)cc5ccccc45)c(Cl)cc23)CC1. The lowest BCUT2D eigenvalue weighted by Gasteiger charge is -2.35. The van der Waals surface area contributed by atoms with Gasteiger partial charge < -0.3 is 45.4 Å². The first-order valence-electron chi connectivity index (χ1n) is 26.3. The van der Waals surface area contributed by atoms with Crippen LogP contribution in [-0.2, 0) is 19.2 Å². The van der Waals surface area contributed by atoms with Crippen molar-refractivity contribution in [3.8, 4) is 22.6 Å². The number of phenolic OH excluding ortho intramolecular Hbond substituents is 1. The Balaban J connectivity index is 0.826. The summed E-state index contributed by atoms with van der Waals surface area (Å²) in [4.78, 5) is 88.2. The number of rotatable bonds is 19. The average Bonchev–Trinajstić information content (AvgIpc) is 4.17. The van der Waals surface area contributed by atoms with Crippen molar-refractivity contribution in [2.75, 3.05) is 76.7 Å². The van der Waals surface area contributed by atoms with Gasteiger partial charge in [-0.2, -0.15) is 4.98 Å². The summed E-state index contributed by atoms with van der Waals surface area (Å²) in [7, 11) is 3.38. The van der Waals surface area contributed by atoms with Crippen LogP contribution in [0.25, 0.3) is 32.8 Å². The Hall–Kier alpha value is -7.22. The highest BCUT2D eigenvalue weighted by atomic mass is 35.5. The second-order valence-electron chi connectivity index (χ2n) is 19.9. The molecule has 4 aromatic carbocycles. The van der Waals surface area contributed by atoms with E-state index >= 15 is 4.39 Å². The number of halogens is 2. The van der Waals surface area contributed by atoms with Gasteiger partial charge in [-0.3, -0.25) is 24.0 Å². The quantitative estimate of drug-likeness (QED) is 0.0448. The van der Waals surface area contributed by atoms with E-state index in [1.165, 1.54) is 28.4 Å². The fraction of sp³-hybridized carbons (Fsp3) is 0.404. The zero-order valence-corrected chi connectivity index (χ0v) is 45.1. The molecule has 404 valence electrons. The number of nitrogens with one attached hydrogen (secondary N) is 3. The number of aromatic nitrogens is 3. The van der Waals surface area contributed by atoms with E-state index in [4.69, 9.17) is 26.3 Å². The molecule has 4 N–H and O–H groups in total. The monoisotopic (exact) mass is 1090 g/mol. The number of nitrogens with zero attached hydrogens (tertiary/aromatic N) is 7. The Bertz CT molecular complexity index is 3200. The number of phenols is 1. The van der Waals surface area contributed by atoms with Crippen LogP contribution >= 0.6 is 22.9 Å². The van der Waals surface area contributed by atoms with Crippen molar-refractivity contribution in [1.82, 2.24) is 40.3 Å². The van der Waals surface area contributed by atoms with Crippen molar-refractivity contribution in [2.45, 2.75) is 76.4 Å². The van der Waals surface area contributed by atoms with Gasteiger partial charge in [0.1, 0.15) is 46.2 Å². The van der Waals surface area contributed by atoms with E-state index in [-0.39, 0.29) is 101 Å². The number of anilines is 2. The zero-order valence-electron chi connectivity index (χ0n) is 43.5. The normalized spacial score (nSPS) is 16.8.